The number of pyridine rings is 1. The van der Waals surface area contributed by atoms with E-state index >= 15 is 0 Å². The number of aryl methyl sites for hydroxylation is 2. The van der Waals surface area contributed by atoms with Crippen LogP contribution in [0, 0.1) is 6.92 Å². The molecule has 0 fully saturated rings. The van der Waals surface area contributed by atoms with Crippen LogP contribution >= 0.6 is 0 Å². The van der Waals surface area contributed by atoms with Crippen LogP contribution in [0.15, 0.2) is 35.0 Å². The van der Waals surface area contributed by atoms with Gasteiger partial charge in [-0.25, -0.2) is 4.98 Å². The molecule has 1 aliphatic carbocycles. The molecule has 0 radical (unpaired) electrons. The van der Waals surface area contributed by atoms with Crippen molar-refractivity contribution >= 4 is 23.4 Å². The van der Waals surface area contributed by atoms with Crippen LogP contribution in [-0.2, 0) is 12.8 Å². The molecule has 0 aliphatic heterocycles. The molecule has 3 aromatic heterocycles. The van der Waals surface area contributed by atoms with Crippen LogP contribution in [0.5, 0.6) is 0 Å². The number of fused-ring (bicyclic) bond motifs is 1. The fourth-order valence-electron chi connectivity index (χ4n) is 3.24. The topological polar surface area (TPSA) is 118 Å². The van der Waals surface area contributed by atoms with Crippen molar-refractivity contribution in [2.45, 2.75) is 32.6 Å². The van der Waals surface area contributed by atoms with Crippen LogP contribution in [0.2, 0.25) is 0 Å². The zero-order valence-corrected chi connectivity index (χ0v) is 16.2. The average molecular weight is 393 g/mol. The maximum atomic E-state index is 12.3. The molecule has 1 amide bonds. The van der Waals surface area contributed by atoms with E-state index in [9.17, 15) is 4.79 Å². The SMILES string of the molecule is Cc1ccnc(Nc2ccc(NCCNC(=O)c3noc4c3CCCC4)nn2)c1. The summed E-state index contributed by atoms with van der Waals surface area (Å²) in [5.74, 6) is 2.61. The quantitative estimate of drug-likeness (QED) is 0.524. The lowest BCUT2D eigenvalue weighted by Crippen LogP contribution is -2.30. The van der Waals surface area contributed by atoms with Crippen molar-refractivity contribution in [1.29, 1.82) is 0 Å². The molecule has 3 heterocycles. The third-order valence-corrected chi connectivity index (χ3v) is 4.72. The van der Waals surface area contributed by atoms with Gasteiger partial charge in [0.2, 0.25) is 0 Å². The van der Waals surface area contributed by atoms with Crippen LogP contribution in [0.1, 0.15) is 40.2 Å². The summed E-state index contributed by atoms with van der Waals surface area (Å²) in [5, 5.41) is 21.3. The zero-order chi connectivity index (χ0) is 20.1. The Morgan fingerprint density at radius 3 is 2.72 bits per heavy atom. The number of nitrogens with one attached hydrogen (secondary N) is 3. The minimum absolute atomic E-state index is 0.199. The van der Waals surface area contributed by atoms with Crippen molar-refractivity contribution in [2.24, 2.45) is 0 Å². The molecule has 29 heavy (non-hydrogen) atoms. The van der Waals surface area contributed by atoms with Crippen molar-refractivity contribution in [3.63, 3.8) is 0 Å². The Labute approximate surface area is 168 Å². The van der Waals surface area contributed by atoms with E-state index in [2.05, 4.69) is 36.3 Å². The Morgan fingerprint density at radius 1 is 1.07 bits per heavy atom. The van der Waals surface area contributed by atoms with Gasteiger partial charge in [0.25, 0.3) is 5.91 Å². The highest BCUT2D eigenvalue weighted by molar-refractivity contribution is 5.93. The first-order valence-corrected chi connectivity index (χ1v) is 9.72. The first-order chi connectivity index (χ1) is 14.2. The summed E-state index contributed by atoms with van der Waals surface area (Å²) in [6.07, 6.45) is 5.61. The molecule has 4 rings (SSSR count). The normalized spacial score (nSPS) is 12.9. The summed E-state index contributed by atoms with van der Waals surface area (Å²) in [6.45, 7) is 2.96. The summed E-state index contributed by atoms with van der Waals surface area (Å²) in [6, 6.07) is 7.50. The van der Waals surface area contributed by atoms with Crippen molar-refractivity contribution in [3.8, 4) is 0 Å². The van der Waals surface area contributed by atoms with Crippen molar-refractivity contribution < 1.29 is 9.32 Å². The van der Waals surface area contributed by atoms with E-state index in [-0.39, 0.29) is 5.91 Å². The molecule has 9 heteroatoms. The number of nitrogens with zero attached hydrogens (tertiary/aromatic N) is 4. The first-order valence-electron chi connectivity index (χ1n) is 9.72. The predicted octanol–water partition coefficient (Wildman–Crippen LogP) is 2.63. The van der Waals surface area contributed by atoms with E-state index in [0.29, 0.717) is 30.4 Å². The van der Waals surface area contributed by atoms with Gasteiger partial charge in [0.05, 0.1) is 0 Å². The lowest BCUT2D eigenvalue weighted by molar-refractivity contribution is 0.0945. The molecule has 0 saturated carbocycles. The maximum Gasteiger partial charge on any atom is 0.273 e. The predicted molar refractivity (Wildman–Crippen MR) is 108 cm³/mol. The molecule has 0 saturated heterocycles. The van der Waals surface area contributed by atoms with Gasteiger partial charge in [-0.3, -0.25) is 4.79 Å². The third kappa shape index (κ3) is 4.68. The molecular formula is C20H23N7O2. The zero-order valence-electron chi connectivity index (χ0n) is 16.2. The molecule has 150 valence electrons. The summed E-state index contributed by atoms with van der Waals surface area (Å²) in [5.41, 5.74) is 2.49. The van der Waals surface area contributed by atoms with Crippen LogP contribution in [0.25, 0.3) is 0 Å². The highest BCUT2D eigenvalue weighted by atomic mass is 16.5. The number of amides is 1. The number of rotatable bonds is 7. The van der Waals surface area contributed by atoms with Gasteiger partial charge in [-0.1, -0.05) is 5.16 Å². The monoisotopic (exact) mass is 393 g/mol. The van der Waals surface area contributed by atoms with Gasteiger partial charge < -0.3 is 20.5 Å². The van der Waals surface area contributed by atoms with Crippen molar-refractivity contribution in [1.82, 2.24) is 25.7 Å². The maximum absolute atomic E-state index is 12.3. The van der Waals surface area contributed by atoms with E-state index < -0.39 is 0 Å². The Hall–Kier alpha value is -3.49. The molecule has 0 atom stereocenters. The molecule has 3 aromatic rings. The highest BCUT2D eigenvalue weighted by Crippen LogP contribution is 2.24. The summed E-state index contributed by atoms with van der Waals surface area (Å²) in [7, 11) is 0. The van der Waals surface area contributed by atoms with Gasteiger partial charge >= 0.3 is 0 Å². The van der Waals surface area contributed by atoms with E-state index in [0.717, 1.165) is 48.4 Å². The van der Waals surface area contributed by atoms with E-state index in [1.807, 2.05) is 31.2 Å². The molecule has 9 nitrogen and oxygen atoms in total. The smallest absolute Gasteiger partial charge is 0.273 e. The first kappa shape index (κ1) is 18.9. The molecule has 0 unspecified atom stereocenters. The molecular weight excluding hydrogens is 370 g/mol. The van der Waals surface area contributed by atoms with Crippen molar-refractivity contribution in [2.75, 3.05) is 23.7 Å². The fourth-order valence-corrected chi connectivity index (χ4v) is 3.24. The standard InChI is InChI=1S/C20H23N7O2/c1-13-8-9-21-18(12-13)24-17-7-6-16(25-26-17)22-10-11-23-20(28)19-14-4-2-3-5-15(14)29-27-19/h6-9,12H,2-5,10-11H2,1H3,(H,22,25)(H,23,28)(H,21,24,26). The lowest BCUT2D eigenvalue weighted by atomic mass is 9.96. The van der Waals surface area contributed by atoms with Gasteiger partial charge in [-0.15, -0.1) is 10.2 Å². The third-order valence-electron chi connectivity index (χ3n) is 4.72. The Balaban J connectivity index is 1.23. The van der Waals surface area contributed by atoms with Gasteiger partial charge in [0.15, 0.2) is 11.5 Å². The molecule has 3 N–H and O–H groups in total. The summed E-state index contributed by atoms with van der Waals surface area (Å²) >= 11 is 0. The largest absolute Gasteiger partial charge is 0.367 e. The second kappa shape index (κ2) is 8.68. The van der Waals surface area contributed by atoms with Gasteiger partial charge in [-0.2, -0.15) is 0 Å². The number of aromatic nitrogens is 4. The van der Waals surface area contributed by atoms with Crippen LogP contribution < -0.4 is 16.0 Å². The molecule has 0 aromatic carbocycles. The number of carbonyl (C=O) groups is 1. The van der Waals surface area contributed by atoms with E-state index in [1.54, 1.807) is 6.20 Å². The molecule has 0 bridgehead atoms. The number of carbonyl (C=O) groups excluding carboxylic acids is 1. The van der Waals surface area contributed by atoms with Gasteiger partial charge in [-0.05, 0) is 56.0 Å². The van der Waals surface area contributed by atoms with E-state index in [4.69, 9.17) is 4.52 Å². The minimum Gasteiger partial charge on any atom is -0.367 e. The highest BCUT2D eigenvalue weighted by Gasteiger charge is 2.23. The average Bonchev–Trinajstić information content (AvgIpc) is 3.17. The number of anilines is 3. The summed E-state index contributed by atoms with van der Waals surface area (Å²) < 4.78 is 5.29. The summed E-state index contributed by atoms with van der Waals surface area (Å²) in [4.78, 5) is 16.6. The second-order valence-electron chi connectivity index (χ2n) is 6.97. The van der Waals surface area contributed by atoms with Gasteiger partial charge in [0.1, 0.15) is 17.4 Å². The number of hydrogen-bond donors (Lipinski definition) is 3. The van der Waals surface area contributed by atoms with Crippen molar-refractivity contribution in [3.05, 3.63) is 53.0 Å². The minimum atomic E-state index is -0.199. The Bertz CT molecular complexity index is 985. The molecule has 1 aliphatic rings. The van der Waals surface area contributed by atoms with Gasteiger partial charge in [0, 0.05) is 31.3 Å². The molecule has 0 spiro atoms. The lowest BCUT2D eigenvalue weighted by Gasteiger charge is -2.10. The van der Waals surface area contributed by atoms with E-state index in [1.165, 1.54) is 0 Å². The fraction of sp³-hybridized carbons (Fsp3) is 0.350. The Morgan fingerprint density at radius 2 is 1.90 bits per heavy atom. The van der Waals surface area contributed by atoms with Crippen LogP contribution in [0.4, 0.5) is 17.5 Å². The van der Waals surface area contributed by atoms with Crippen LogP contribution in [-0.4, -0.2) is 39.3 Å². The Kier molecular flexibility index (Phi) is 5.64. The van der Waals surface area contributed by atoms with Crippen LogP contribution in [0.3, 0.4) is 0 Å². The number of hydrogen-bond acceptors (Lipinski definition) is 8. The second-order valence-corrected chi connectivity index (χ2v) is 6.97.